The Kier molecular flexibility index (Phi) is 4.36. The normalized spacial score (nSPS) is 19.8. The monoisotopic (exact) mass is 285 g/mol. The lowest BCUT2D eigenvalue weighted by atomic mass is 9.97. The van der Waals surface area contributed by atoms with Gasteiger partial charge in [0, 0.05) is 18.2 Å². The molecule has 2 atom stereocenters. The third-order valence-corrected chi connectivity index (χ3v) is 4.23. The summed E-state index contributed by atoms with van der Waals surface area (Å²) >= 11 is 0. The summed E-state index contributed by atoms with van der Waals surface area (Å²) in [4.78, 5) is 4.29. The van der Waals surface area contributed by atoms with Crippen LogP contribution in [0.25, 0.3) is 5.69 Å². The van der Waals surface area contributed by atoms with Gasteiger partial charge in [0.25, 0.3) is 0 Å². The lowest BCUT2D eigenvalue weighted by molar-refractivity contribution is 0.180. The summed E-state index contributed by atoms with van der Waals surface area (Å²) in [5.41, 5.74) is 9.98. The molecule has 1 aromatic carbocycles. The van der Waals surface area contributed by atoms with Gasteiger partial charge in [0.05, 0.1) is 30.9 Å². The van der Waals surface area contributed by atoms with Crippen molar-refractivity contribution in [3.63, 3.8) is 0 Å². The molecule has 0 amide bonds. The van der Waals surface area contributed by atoms with E-state index in [1.807, 2.05) is 12.5 Å². The number of imidazole rings is 1. The van der Waals surface area contributed by atoms with Crippen molar-refractivity contribution in [3.05, 3.63) is 48.0 Å². The topological polar surface area (TPSA) is 53.1 Å². The van der Waals surface area contributed by atoms with E-state index in [9.17, 15) is 0 Å². The second-order valence-electron chi connectivity index (χ2n) is 5.75. The molecule has 0 spiro atoms. The van der Waals surface area contributed by atoms with Crippen molar-refractivity contribution < 1.29 is 4.74 Å². The maximum atomic E-state index is 6.42. The van der Waals surface area contributed by atoms with Gasteiger partial charge < -0.3 is 15.0 Å². The first-order chi connectivity index (χ1) is 10.3. The Bertz CT molecular complexity index is 570. The van der Waals surface area contributed by atoms with E-state index in [-0.39, 0.29) is 6.04 Å². The maximum Gasteiger partial charge on any atom is 0.0994 e. The van der Waals surface area contributed by atoms with Crippen LogP contribution < -0.4 is 5.73 Å². The Morgan fingerprint density at radius 3 is 2.86 bits per heavy atom. The van der Waals surface area contributed by atoms with E-state index in [0.717, 1.165) is 37.4 Å². The van der Waals surface area contributed by atoms with E-state index in [2.05, 4.69) is 40.7 Å². The van der Waals surface area contributed by atoms with Crippen molar-refractivity contribution >= 4 is 0 Å². The summed E-state index contributed by atoms with van der Waals surface area (Å²) in [6, 6.07) is 8.65. The third kappa shape index (κ3) is 3.01. The number of hydrogen-bond donors (Lipinski definition) is 1. The Morgan fingerprint density at radius 1 is 1.38 bits per heavy atom. The number of ether oxygens (including phenoxy) is 1. The fourth-order valence-electron chi connectivity index (χ4n) is 2.96. The number of hydrogen-bond acceptors (Lipinski definition) is 3. The van der Waals surface area contributed by atoms with Gasteiger partial charge in [0.1, 0.15) is 0 Å². The van der Waals surface area contributed by atoms with E-state index in [0.29, 0.717) is 5.92 Å². The van der Waals surface area contributed by atoms with Crippen molar-refractivity contribution in [2.45, 2.75) is 32.2 Å². The maximum absolute atomic E-state index is 6.42. The quantitative estimate of drug-likeness (QED) is 0.919. The molecule has 4 nitrogen and oxygen atoms in total. The van der Waals surface area contributed by atoms with E-state index < -0.39 is 0 Å². The number of nitrogens with zero attached hydrogens (tertiary/aromatic N) is 2. The largest absolute Gasteiger partial charge is 0.381 e. The fourth-order valence-corrected chi connectivity index (χ4v) is 2.96. The molecule has 3 rings (SSSR count). The van der Waals surface area contributed by atoms with E-state index in [1.165, 1.54) is 12.0 Å². The summed E-state index contributed by atoms with van der Waals surface area (Å²) in [5.74, 6) is 0.389. The minimum Gasteiger partial charge on any atom is -0.381 e. The first-order valence-corrected chi connectivity index (χ1v) is 7.74. The van der Waals surface area contributed by atoms with Gasteiger partial charge in [-0.15, -0.1) is 0 Å². The Morgan fingerprint density at radius 2 is 2.19 bits per heavy atom. The number of aromatic nitrogens is 2. The number of benzene rings is 1. The average molecular weight is 285 g/mol. The van der Waals surface area contributed by atoms with Gasteiger partial charge >= 0.3 is 0 Å². The van der Waals surface area contributed by atoms with Gasteiger partial charge in [-0.05, 0) is 30.5 Å². The Hall–Kier alpha value is -1.65. The molecule has 112 valence electrons. The molecule has 4 heteroatoms. The van der Waals surface area contributed by atoms with Crippen LogP contribution in [0.3, 0.4) is 0 Å². The predicted octanol–water partition coefficient (Wildman–Crippen LogP) is 2.86. The number of aryl methyl sites for hydroxylation is 1. The van der Waals surface area contributed by atoms with Crippen LogP contribution in [0.4, 0.5) is 0 Å². The zero-order chi connectivity index (χ0) is 14.7. The molecular formula is C17H23N3O. The van der Waals surface area contributed by atoms with Crippen LogP contribution in [-0.4, -0.2) is 22.8 Å². The highest BCUT2D eigenvalue weighted by atomic mass is 16.5. The molecule has 1 aliphatic heterocycles. The molecule has 21 heavy (non-hydrogen) atoms. The van der Waals surface area contributed by atoms with Gasteiger partial charge in [-0.3, -0.25) is 0 Å². The molecule has 0 saturated carbocycles. The molecule has 2 N–H and O–H groups in total. The molecule has 2 heterocycles. The van der Waals surface area contributed by atoms with Crippen molar-refractivity contribution in [1.29, 1.82) is 0 Å². The molecule has 2 unspecified atom stereocenters. The van der Waals surface area contributed by atoms with Crippen LogP contribution in [0, 0.1) is 5.92 Å². The molecule has 1 saturated heterocycles. The predicted molar refractivity (Wildman–Crippen MR) is 83.4 cm³/mol. The average Bonchev–Trinajstić information content (AvgIpc) is 3.19. The molecule has 1 aromatic heterocycles. The molecule has 0 radical (unpaired) electrons. The summed E-state index contributed by atoms with van der Waals surface area (Å²) in [7, 11) is 0. The van der Waals surface area contributed by atoms with Crippen LogP contribution >= 0.6 is 0 Å². The van der Waals surface area contributed by atoms with Gasteiger partial charge in [-0.2, -0.15) is 0 Å². The zero-order valence-electron chi connectivity index (χ0n) is 12.5. The highest BCUT2D eigenvalue weighted by Gasteiger charge is 2.26. The molecule has 0 bridgehead atoms. The van der Waals surface area contributed by atoms with Crippen LogP contribution in [0.2, 0.25) is 0 Å². The van der Waals surface area contributed by atoms with Gasteiger partial charge in [0.15, 0.2) is 0 Å². The van der Waals surface area contributed by atoms with Gasteiger partial charge in [0.2, 0.25) is 0 Å². The first kappa shape index (κ1) is 14.3. The Balaban J connectivity index is 1.84. The highest BCUT2D eigenvalue weighted by molar-refractivity contribution is 5.37. The van der Waals surface area contributed by atoms with Crippen molar-refractivity contribution in [2.24, 2.45) is 11.7 Å². The van der Waals surface area contributed by atoms with Crippen LogP contribution in [0.1, 0.15) is 37.1 Å². The lowest BCUT2D eigenvalue weighted by Crippen LogP contribution is -2.24. The highest BCUT2D eigenvalue weighted by Crippen LogP contribution is 2.28. The van der Waals surface area contributed by atoms with Crippen LogP contribution in [0.15, 0.2) is 36.8 Å². The van der Waals surface area contributed by atoms with Crippen molar-refractivity contribution in [3.8, 4) is 5.69 Å². The van der Waals surface area contributed by atoms with E-state index in [1.54, 1.807) is 0 Å². The molecule has 2 aromatic rings. The smallest absolute Gasteiger partial charge is 0.0994 e. The summed E-state index contributed by atoms with van der Waals surface area (Å²) < 4.78 is 7.55. The summed E-state index contributed by atoms with van der Waals surface area (Å²) in [6.07, 6.45) is 7.04. The minimum atomic E-state index is -0.0229. The second kappa shape index (κ2) is 6.41. The number of nitrogens with two attached hydrogens (primary N) is 1. The van der Waals surface area contributed by atoms with Gasteiger partial charge in [-0.1, -0.05) is 25.5 Å². The summed E-state index contributed by atoms with van der Waals surface area (Å²) in [6.45, 7) is 3.77. The zero-order valence-corrected chi connectivity index (χ0v) is 12.5. The first-order valence-electron chi connectivity index (χ1n) is 7.74. The minimum absolute atomic E-state index is 0.0229. The lowest BCUT2D eigenvalue weighted by Gasteiger charge is -2.19. The van der Waals surface area contributed by atoms with E-state index >= 15 is 0 Å². The molecular weight excluding hydrogens is 262 g/mol. The molecule has 1 aliphatic rings. The standard InChI is InChI=1S/C17H23N3O/c1-2-3-13-4-6-15(7-5-13)20-12-19-10-16(20)17(18)14-8-9-21-11-14/h4-7,10,12,14,17H,2-3,8-9,11,18H2,1H3. The van der Waals surface area contributed by atoms with Gasteiger partial charge in [-0.25, -0.2) is 4.98 Å². The fraction of sp³-hybridized carbons (Fsp3) is 0.471. The molecule has 1 fully saturated rings. The number of rotatable bonds is 5. The van der Waals surface area contributed by atoms with Crippen LogP contribution in [-0.2, 0) is 11.2 Å². The van der Waals surface area contributed by atoms with Crippen LogP contribution in [0.5, 0.6) is 0 Å². The molecule has 0 aliphatic carbocycles. The SMILES string of the molecule is CCCc1ccc(-n2cncc2C(N)C2CCOC2)cc1. The van der Waals surface area contributed by atoms with Crippen molar-refractivity contribution in [2.75, 3.05) is 13.2 Å². The third-order valence-electron chi connectivity index (χ3n) is 4.23. The Labute approximate surface area is 125 Å². The second-order valence-corrected chi connectivity index (χ2v) is 5.75. The van der Waals surface area contributed by atoms with Crippen molar-refractivity contribution in [1.82, 2.24) is 9.55 Å². The summed E-state index contributed by atoms with van der Waals surface area (Å²) in [5, 5.41) is 0. The van der Waals surface area contributed by atoms with E-state index in [4.69, 9.17) is 10.5 Å².